The molecule has 1 fully saturated rings. The molecule has 1 aromatic carbocycles. The number of carbonyl (C=O) groups excluding carboxylic acids is 1. The first-order valence-corrected chi connectivity index (χ1v) is 9.01. The monoisotopic (exact) mass is 383 g/mol. The van der Waals surface area contributed by atoms with Crippen LogP contribution in [0.5, 0.6) is 0 Å². The number of rotatable bonds is 5. The van der Waals surface area contributed by atoms with Crippen LogP contribution in [0.1, 0.15) is 22.0 Å². The first kappa shape index (κ1) is 19.8. The highest BCUT2D eigenvalue weighted by Gasteiger charge is 2.25. The van der Waals surface area contributed by atoms with E-state index in [9.17, 15) is 9.18 Å². The number of halogens is 2. The van der Waals surface area contributed by atoms with Crippen LogP contribution < -0.4 is 10.6 Å². The van der Waals surface area contributed by atoms with E-state index in [0.717, 1.165) is 25.2 Å². The predicted octanol–water partition coefficient (Wildman–Crippen LogP) is 2.88. The number of nitrogens with zero attached hydrogens (tertiary/aromatic N) is 1. The zero-order valence-corrected chi connectivity index (χ0v) is 15.8. The third-order valence-corrected chi connectivity index (χ3v) is 5.37. The maximum absolute atomic E-state index is 13.5. The van der Waals surface area contributed by atoms with Crippen LogP contribution in [0.4, 0.5) is 4.39 Å². The average molecular weight is 384 g/mol. The number of hydrogen-bond donors (Lipinski definition) is 2. The lowest BCUT2D eigenvalue weighted by Gasteiger charge is -2.36. The van der Waals surface area contributed by atoms with Crippen LogP contribution in [0.25, 0.3) is 0 Å². The number of amides is 1. The fraction of sp³-hybridized carbons (Fsp3) is 0.389. The first-order valence-electron chi connectivity index (χ1n) is 8.13. The third-order valence-electron chi connectivity index (χ3n) is 4.35. The molecule has 25 heavy (non-hydrogen) atoms. The second-order valence-corrected chi connectivity index (χ2v) is 7.05. The molecule has 136 valence electrons. The minimum Gasteiger partial charge on any atom is -0.350 e. The number of carbonyl (C=O) groups is 1. The summed E-state index contributed by atoms with van der Waals surface area (Å²) in [5, 5.41) is 8.35. The largest absolute Gasteiger partial charge is 0.350 e. The Balaban J connectivity index is 0.00000225. The summed E-state index contributed by atoms with van der Waals surface area (Å²) in [4.78, 5) is 15.6. The smallest absolute Gasteiger partial charge is 0.234 e. The normalized spacial score (nSPS) is 17.8. The van der Waals surface area contributed by atoms with Crippen molar-refractivity contribution in [2.24, 2.45) is 0 Å². The van der Waals surface area contributed by atoms with Crippen molar-refractivity contribution >= 4 is 29.7 Å². The third kappa shape index (κ3) is 5.25. The second kappa shape index (κ2) is 9.29. The van der Waals surface area contributed by atoms with Gasteiger partial charge in [-0.15, -0.1) is 23.7 Å². The maximum Gasteiger partial charge on any atom is 0.234 e. The van der Waals surface area contributed by atoms with Crippen LogP contribution in [0.15, 0.2) is 35.7 Å². The SMILES string of the molecule is Cc1ccsc1CNC(=O)CN1CCNCC1c1cccc(F)c1.Cl. The Labute approximate surface area is 157 Å². The van der Waals surface area contributed by atoms with Gasteiger partial charge in [0.1, 0.15) is 5.82 Å². The Morgan fingerprint density at radius 2 is 2.28 bits per heavy atom. The summed E-state index contributed by atoms with van der Waals surface area (Å²) in [6.07, 6.45) is 0. The van der Waals surface area contributed by atoms with Gasteiger partial charge in [0.25, 0.3) is 0 Å². The molecular formula is C18H23ClFN3OS. The van der Waals surface area contributed by atoms with Crippen LogP contribution in [-0.4, -0.2) is 37.0 Å². The van der Waals surface area contributed by atoms with Gasteiger partial charge >= 0.3 is 0 Å². The standard InChI is InChI=1S/C18H22FN3OS.ClH/c1-13-5-8-24-17(13)11-21-18(23)12-22-7-6-20-10-16(22)14-3-2-4-15(19)9-14;/h2-5,8-9,16,20H,6-7,10-12H2,1H3,(H,21,23);1H. The highest BCUT2D eigenvalue weighted by atomic mass is 35.5. The van der Waals surface area contributed by atoms with Crippen molar-refractivity contribution < 1.29 is 9.18 Å². The molecule has 1 saturated heterocycles. The van der Waals surface area contributed by atoms with Crippen LogP contribution in [0.3, 0.4) is 0 Å². The summed E-state index contributed by atoms with van der Waals surface area (Å²) < 4.78 is 13.5. The molecule has 1 unspecified atom stereocenters. The van der Waals surface area contributed by atoms with E-state index in [1.54, 1.807) is 23.5 Å². The summed E-state index contributed by atoms with van der Waals surface area (Å²) in [6.45, 7) is 5.27. The van der Waals surface area contributed by atoms with Crippen LogP contribution in [0.2, 0.25) is 0 Å². The van der Waals surface area contributed by atoms with Crippen LogP contribution >= 0.6 is 23.7 Å². The Morgan fingerprint density at radius 1 is 1.44 bits per heavy atom. The van der Waals surface area contributed by atoms with Crippen molar-refractivity contribution in [3.8, 4) is 0 Å². The lowest BCUT2D eigenvalue weighted by atomic mass is 10.0. The summed E-state index contributed by atoms with van der Waals surface area (Å²) in [6, 6.07) is 8.71. The molecule has 3 rings (SSSR count). The van der Waals surface area contributed by atoms with E-state index in [-0.39, 0.29) is 30.2 Å². The van der Waals surface area contributed by atoms with E-state index >= 15 is 0 Å². The molecule has 0 aliphatic carbocycles. The number of benzene rings is 1. The highest BCUT2D eigenvalue weighted by molar-refractivity contribution is 7.10. The van der Waals surface area contributed by atoms with Crippen molar-refractivity contribution in [3.05, 3.63) is 57.5 Å². The minimum atomic E-state index is -0.240. The molecule has 1 aliphatic rings. The molecule has 4 nitrogen and oxygen atoms in total. The molecule has 1 atom stereocenters. The van der Waals surface area contributed by atoms with E-state index in [1.165, 1.54) is 16.5 Å². The zero-order valence-electron chi connectivity index (χ0n) is 14.1. The number of thiophene rings is 1. The average Bonchev–Trinajstić information content (AvgIpc) is 2.98. The number of hydrogen-bond acceptors (Lipinski definition) is 4. The minimum absolute atomic E-state index is 0. The predicted molar refractivity (Wildman–Crippen MR) is 102 cm³/mol. The van der Waals surface area contributed by atoms with Gasteiger partial charge in [-0.25, -0.2) is 4.39 Å². The molecule has 2 aromatic rings. The zero-order chi connectivity index (χ0) is 16.9. The molecule has 0 bridgehead atoms. The van der Waals surface area contributed by atoms with Gasteiger partial charge in [-0.2, -0.15) is 0 Å². The van der Waals surface area contributed by atoms with Gasteiger partial charge < -0.3 is 10.6 Å². The molecule has 2 N–H and O–H groups in total. The first-order chi connectivity index (χ1) is 11.6. The lowest BCUT2D eigenvalue weighted by Crippen LogP contribution is -2.49. The number of piperazine rings is 1. The van der Waals surface area contributed by atoms with Gasteiger partial charge in [-0.3, -0.25) is 9.69 Å². The Morgan fingerprint density at radius 3 is 3.00 bits per heavy atom. The van der Waals surface area contributed by atoms with Crippen molar-refractivity contribution in [3.63, 3.8) is 0 Å². The molecule has 0 spiro atoms. The molecule has 1 aromatic heterocycles. The Bertz CT molecular complexity index is 709. The summed E-state index contributed by atoms with van der Waals surface area (Å²) in [5.41, 5.74) is 2.12. The second-order valence-electron chi connectivity index (χ2n) is 6.05. The fourth-order valence-corrected chi connectivity index (χ4v) is 3.83. The van der Waals surface area contributed by atoms with Gasteiger partial charge in [0, 0.05) is 30.6 Å². The Hall–Kier alpha value is -1.47. The maximum atomic E-state index is 13.5. The number of aryl methyl sites for hydroxylation is 1. The summed E-state index contributed by atoms with van der Waals surface area (Å²) in [5.74, 6) is -0.234. The van der Waals surface area contributed by atoms with Crippen LogP contribution in [-0.2, 0) is 11.3 Å². The molecule has 0 radical (unpaired) electrons. The van der Waals surface area contributed by atoms with Crippen molar-refractivity contribution in [2.45, 2.75) is 19.5 Å². The van der Waals surface area contributed by atoms with Crippen molar-refractivity contribution in [1.82, 2.24) is 15.5 Å². The van der Waals surface area contributed by atoms with Crippen molar-refractivity contribution in [1.29, 1.82) is 0 Å². The fourth-order valence-electron chi connectivity index (χ4n) is 2.98. The van der Waals surface area contributed by atoms with Gasteiger partial charge in [0.05, 0.1) is 13.1 Å². The molecular weight excluding hydrogens is 361 g/mol. The number of nitrogens with one attached hydrogen (secondary N) is 2. The summed E-state index contributed by atoms with van der Waals surface area (Å²) >= 11 is 1.66. The van der Waals surface area contributed by atoms with E-state index in [1.807, 2.05) is 18.4 Å². The summed E-state index contributed by atoms with van der Waals surface area (Å²) in [7, 11) is 0. The van der Waals surface area contributed by atoms with Crippen molar-refractivity contribution in [2.75, 3.05) is 26.2 Å². The van der Waals surface area contributed by atoms with E-state index in [4.69, 9.17) is 0 Å². The van der Waals surface area contributed by atoms with E-state index in [2.05, 4.69) is 21.6 Å². The highest BCUT2D eigenvalue weighted by Crippen LogP contribution is 2.22. The van der Waals surface area contributed by atoms with Crippen LogP contribution in [0, 0.1) is 12.7 Å². The van der Waals surface area contributed by atoms with Gasteiger partial charge in [-0.1, -0.05) is 12.1 Å². The van der Waals surface area contributed by atoms with Gasteiger partial charge in [-0.05, 0) is 41.6 Å². The van der Waals surface area contributed by atoms with Gasteiger partial charge in [0.2, 0.25) is 5.91 Å². The molecule has 0 saturated carbocycles. The lowest BCUT2D eigenvalue weighted by molar-refractivity contribution is -0.123. The molecule has 1 aliphatic heterocycles. The van der Waals surface area contributed by atoms with E-state index in [0.29, 0.717) is 13.1 Å². The van der Waals surface area contributed by atoms with Gasteiger partial charge in [0.15, 0.2) is 0 Å². The topological polar surface area (TPSA) is 44.4 Å². The molecule has 1 amide bonds. The quantitative estimate of drug-likeness (QED) is 0.834. The molecule has 2 heterocycles. The van der Waals surface area contributed by atoms with E-state index < -0.39 is 0 Å². The Kier molecular flexibility index (Phi) is 7.38. The molecule has 7 heteroatoms.